The van der Waals surface area contributed by atoms with E-state index in [0.29, 0.717) is 35.1 Å². The summed E-state index contributed by atoms with van der Waals surface area (Å²) in [4.78, 5) is 17.8. The lowest BCUT2D eigenvalue weighted by molar-refractivity contribution is -0.135. The second-order valence-electron chi connectivity index (χ2n) is 5.49. The van der Waals surface area contributed by atoms with Crippen molar-refractivity contribution >= 4 is 51.4 Å². The molecule has 0 unspecified atom stereocenters. The highest BCUT2D eigenvalue weighted by atomic mass is 35.5. The van der Waals surface area contributed by atoms with Gasteiger partial charge in [-0.25, -0.2) is 4.98 Å². The minimum atomic E-state index is -0.503. The van der Waals surface area contributed by atoms with Gasteiger partial charge in [-0.05, 0) is 6.07 Å². The van der Waals surface area contributed by atoms with E-state index >= 15 is 0 Å². The molecule has 1 amide bonds. The summed E-state index contributed by atoms with van der Waals surface area (Å²) in [7, 11) is 0. The first-order chi connectivity index (χ1) is 11.6. The van der Waals surface area contributed by atoms with Gasteiger partial charge in [-0.2, -0.15) is 0 Å². The number of carbonyl (C=O) groups excluding carboxylic acids is 1. The topological polar surface area (TPSA) is 66.6 Å². The molecule has 3 heterocycles. The van der Waals surface area contributed by atoms with Gasteiger partial charge in [-0.1, -0.05) is 23.2 Å². The molecule has 0 saturated heterocycles. The average Bonchev–Trinajstić information content (AvgIpc) is 3.24. The minimum Gasteiger partial charge on any atom is -0.459 e. The summed E-state index contributed by atoms with van der Waals surface area (Å²) in [5, 5.41) is 13.4. The monoisotopic (exact) mass is 382 g/mol. The predicted molar refractivity (Wildman–Crippen MR) is 93.5 cm³/mol. The summed E-state index contributed by atoms with van der Waals surface area (Å²) >= 11 is 14.1. The van der Waals surface area contributed by atoms with Gasteiger partial charge >= 0.3 is 0 Å². The number of rotatable bonds is 2. The van der Waals surface area contributed by atoms with Crippen molar-refractivity contribution in [2.75, 3.05) is 13.2 Å². The summed E-state index contributed by atoms with van der Waals surface area (Å²) < 4.78 is 5.96. The molecular weight excluding hydrogens is 371 g/mol. The van der Waals surface area contributed by atoms with Crippen LogP contribution in [0.15, 0.2) is 22.1 Å². The van der Waals surface area contributed by atoms with Crippen LogP contribution in [0.2, 0.25) is 10.0 Å². The Morgan fingerprint density at radius 2 is 2.29 bits per heavy atom. The Morgan fingerprint density at radius 1 is 1.46 bits per heavy atom. The number of amides is 1. The molecule has 1 N–H and O–H groups in total. The van der Waals surface area contributed by atoms with Crippen LogP contribution >= 0.6 is 34.5 Å². The third-order valence-corrected chi connectivity index (χ3v) is 5.73. The molecule has 1 aliphatic rings. The van der Waals surface area contributed by atoms with E-state index in [4.69, 9.17) is 32.7 Å². The quantitative estimate of drug-likeness (QED) is 0.732. The van der Waals surface area contributed by atoms with Crippen molar-refractivity contribution < 1.29 is 14.3 Å². The Balaban J connectivity index is 1.96. The number of hydrogen-bond donors (Lipinski definition) is 1. The second-order valence-corrected chi connectivity index (χ2v) is 7.17. The molecule has 24 heavy (non-hydrogen) atoms. The molecule has 0 aliphatic carbocycles. The molecule has 124 valence electrons. The fourth-order valence-electron chi connectivity index (χ4n) is 3.04. The number of fused-ring (bicyclic) bond motifs is 3. The Bertz CT molecular complexity index is 937. The normalized spacial score (nSPS) is 14.2. The third kappa shape index (κ3) is 2.41. The number of nitrogens with zero attached hydrogens (tertiary/aromatic N) is 2. The standard InChI is InChI=1S/C16H12Cl2N2O3S/c17-10-5-8(16-19-2-4-24-16)13-9-6-20(12(22)7-21)3-1-11(9)23-15(13)14(10)18/h2,4-5,21H,1,3,6-7H2. The van der Waals surface area contributed by atoms with E-state index in [9.17, 15) is 4.79 Å². The molecule has 0 spiro atoms. The van der Waals surface area contributed by atoms with Crippen LogP contribution in [0.1, 0.15) is 11.3 Å². The number of benzene rings is 1. The van der Waals surface area contributed by atoms with Crippen molar-refractivity contribution in [2.24, 2.45) is 0 Å². The Hall–Kier alpha value is -1.60. The van der Waals surface area contributed by atoms with Gasteiger partial charge in [0.15, 0.2) is 5.58 Å². The number of hydrogen-bond acceptors (Lipinski definition) is 5. The van der Waals surface area contributed by atoms with E-state index in [-0.39, 0.29) is 5.91 Å². The number of thiazole rings is 1. The van der Waals surface area contributed by atoms with Crippen molar-refractivity contribution in [3.05, 3.63) is 39.0 Å². The molecule has 0 bridgehead atoms. The summed E-state index contributed by atoms with van der Waals surface area (Å²) in [6, 6.07) is 1.79. The smallest absolute Gasteiger partial charge is 0.248 e. The van der Waals surface area contributed by atoms with Gasteiger partial charge in [-0.15, -0.1) is 11.3 Å². The van der Waals surface area contributed by atoms with Crippen molar-refractivity contribution in [1.29, 1.82) is 0 Å². The van der Waals surface area contributed by atoms with Crippen molar-refractivity contribution in [3.8, 4) is 10.6 Å². The molecule has 0 fully saturated rings. The van der Waals surface area contributed by atoms with Crippen molar-refractivity contribution in [3.63, 3.8) is 0 Å². The summed E-state index contributed by atoms with van der Waals surface area (Å²) in [5.41, 5.74) is 2.28. The van der Waals surface area contributed by atoms with E-state index in [1.54, 1.807) is 17.2 Å². The van der Waals surface area contributed by atoms with Crippen LogP contribution in [-0.4, -0.2) is 34.0 Å². The van der Waals surface area contributed by atoms with Crippen LogP contribution in [0.5, 0.6) is 0 Å². The Morgan fingerprint density at radius 3 is 3.00 bits per heavy atom. The molecule has 8 heteroatoms. The molecule has 5 nitrogen and oxygen atoms in total. The highest BCUT2D eigenvalue weighted by Crippen LogP contribution is 2.44. The number of aliphatic hydroxyl groups excluding tert-OH is 1. The van der Waals surface area contributed by atoms with E-state index in [0.717, 1.165) is 27.3 Å². The van der Waals surface area contributed by atoms with Crippen LogP contribution in [0.25, 0.3) is 21.5 Å². The van der Waals surface area contributed by atoms with E-state index in [1.165, 1.54) is 11.3 Å². The number of furan rings is 1. The lowest BCUT2D eigenvalue weighted by Gasteiger charge is -2.25. The minimum absolute atomic E-state index is 0.300. The van der Waals surface area contributed by atoms with Crippen molar-refractivity contribution in [1.82, 2.24) is 9.88 Å². The molecule has 0 saturated carbocycles. The number of aliphatic hydroxyl groups is 1. The number of halogens is 2. The zero-order valence-electron chi connectivity index (χ0n) is 12.4. The van der Waals surface area contributed by atoms with E-state index in [1.807, 2.05) is 5.38 Å². The maximum atomic E-state index is 11.9. The van der Waals surface area contributed by atoms with Crippen LogP contribution in [0.3, 0.4) is 0 Å². The molecule has 4 rings (SSSR count). The first-order valence-electron chi connectivity index (χ1n) is 7.31. The Kier molecular flexibility index (Phi) is 4.00. The van der Waals surface area contributed by atoms with Gasteiger partial charge in [0.1, 0.15) is 22.4 Å². The van der Waals surface area contributed by atoms with Gasteiger partial charge < -0.3 is 14.4 Å². The van der Waals surface area contributed by atoms with Crippen LogP contribution in [-0.2, 0) is 17.8 Å². The highest BCUT2D eigenvalue weighted by Gasteiger charge is 2.29. The molecule has 3 aromatic rings. The second kappa shape index (κ2) is 6.04. The zero-order valence-corrected chi connectivity index (χ0v) is 14.7. The summed E-state index contributed by atoms with van der Waals surface area (Å²) in [5.74, 6) is 0.500. The predicted octanol–water partition coefficient (Wildman–Crippen LogP) is 3.74. The van der Waals surface area contributed by atoms with Gasteiger partial charge in [-0.3, -0.25) is 4.79 Å². The lowest BCUT2D eigenvalue weighted by Crippen LogP contribution is -2.37. The first kappa shape index (κ1) is 15.9. The molecule has 1 aromatic carbocycles. The molecule has 1 aliphatic heterocycles. The molecule has 2 aromatic heterocycles. The third-order valence-electron chi connectivity index (χ3n) is 4.15. The average molecular weight is 383 g/mol. The number of aromatic nitrogens is 1. The maximum absolute atomic E-state index is 11.9. The van der Waals surface area contributed by atoms with Gasteiger partial charge in [0.25, 0.3) is 0 Å². The van der Waals surface area contributed by atoms with Crippen LogP contribution in [0, 0.1) is 0 Å². The van der Waals surface area contributed by atoms with E-state index < -0.39 is 6.61 Å². The molecular formula is C16H12Cl2N2O3S. The van der Waals surface area contributed by atoms with Gasteiger partial charge in [0.05, 0.1) is 5.02 Å². The largest absolute Gasteiger partial charge is 0.459 e. The zero-order chi connectivity index (χ0) is 16.8. The Labute approximate surface area is 151 Å². The fraction of sp³-hybridized carbons (Fsp3) is 0.250. The summed E-state index contributed by atoms with van der Waals surface area (Å²) in [6.45, 7) is 0.374. The maximum Gasteiger partial charge on any atom is 0.248 e. The van der Waals surface area contributed by atoms with E-state index in [2.05, 4.69) is 4.98 Å². The van der Waals surface area contributed by atoms with Crippen LogP contribution < -0.4 is 0 Å². The highest BCUT2D eigenvalue weighted by molar-refractivity contribution is 7.13. The van der Waals surface area contributed by atoms with Gasteiger partial charge in [0, 0.05) is 47.6 Å². The molecule has 0 radical (unpaired) electrons. The SMILES string of the molecule is O=C(CO)N1CCc2oc3c(Cl)c(Cl)cc(-c4nccs4)c3c2C1. The first-order valence-corrected chi connectivity index (χ1v) is 8.94. The summed E-state index contributed by atoms with van der Waals surface area (Å²) in [6.07, 6.45) is 2.30. The lowest BCUT2D eigenvalue weighted by atomic mass is 10.0. The van der Waals surface area contributed by atoms with Crippen molar-refractivity contribution in [2.45, 2.75) is 13.0 Å². The molecule has 0 atom stereocenters. The van der Waals surface area contributed by atoms with Crippen LogP contribution in [0.4, 0.5) is 0 Å². The number of carbonyl (C=O) groups is 1. The fourth-order valence-corrected chi connectivity index (χ4v) is 4.08. The van der Waals surface area contributed by atoms with Gasteiger partial charge in [0.2, 0.25) is 5.91 Å².